The first-order valence-electron chi connectivity index (χ1n) is 13.3. The van der Waals surface area contributed by atoms with Gasteiger partial charge in [-0.15, -0.1) is 13.2 Å². The Hall–Kier alpha value is -4.21. The zero-order valence-corrected chi connectivity index (χ0v) is 23.4. The molecule has 1 saturated heterocycles. The van der Waals surface area contributed by atoms with E-state index in [4.69, 9.17) is 9.47 Å². The van der Waals surface area contributed by atoms with E-state index in [-0.39, 0.29) is 17.8 Å². The minimum absolute atomic E-state index is 0.0382. The largest absolute Gasteiger partial charge is 0.573 e. The highest BCUT2D eigenvalue weighted by Crippen LogP contribution is 2.34. The Morgan fingerprint density at radius 1 is 0.902 bits per heavy atom. The molecule has 4 rings (SSSR count). The van der Waals surface area contributed by atoms with Crippen molar-refractivity contribution in [2.24, 2.45) is 0 Å². The van der Waals surface area contributed by atoms with Gasteiger partial charge < -0.3 is 24.4 Å². The standard InChI is InChI=1S/C31H33F3N2O5/c1-20-17-25(40-31(32,33)34)19-26(27(20)21-9-6-5-7-10-21)28(37)35-22-11-8-12-24(18-22)39-23-13-15-36(16-14-23)29(38)41-30(2,3)4/h5-12,17-19,23H,13-16H2,1-4H3,(H,35,37). The number of anilines is 1. The van der Waals surface area contributed by atoms with Gasteiger partial charge in [-0.05, 0) is 68.7 Å². The van der Waals surface area contributed by atoms with Crippen LogP contribution in [0.1, 0.15) is 49.5 Å². The second-order valence-electron chi connectivity index (χ2n) is 10.8. The summed E-state index contributed by atoms with van der Waals surface area (Å²) in [7, 11) is 0. The van der Waals surface area contributed by atoms with E-state index in [1.54, 1.807) is 60.4 Å². The summed E-state index contributed by atoms with van der Waals surface area (Å²) in [5.74, 6) is -0.552. The summed E-state index contributed by atoms with van der Waals surface area (Å²) in [6.07, 6.45) is -4.16. The van der Waals surface area contributed by atoms with Crippen molar-refractivity contribution in [2.45, 2.75) is 58.6 Å². The number of nitrogens with zero attached hydrogens (tertiary/aromatic N) is 1. The fraction of sp³-hybridized carbons (Fsp3) is 0.355. The number of rotatable bonds is 6. The first-order chi connectivity index (χ1) is 19.3. The molecule has 0 atom stereocenters. The van der Waals surface area contributed by atoms with Crippen LogP contribution in [-0.2, 0) is 4.74 Å². The number of halogens is 3. The number of hydrogen-bond acceptors (Lipinski definition) is 5. The predicted octanol–water partition coefficient (Wildman–Crippen LogP) is 7.59. The molecule has 10 heteroatoms. The molecule has 0 unspecified atom stereocenters. The van der Waals surface area contributed by atoms with Crippen molar-refractivity contribution in [3.05, 3.63) is 77.9 Å². The fourth-order valence-corrected chi connectivity index (χ4v) is 4.63. The van der Waals surface area contributed by atoms with Gasteiger partial charge in [0.15, 0.2) is 0 Å². The lowest BCUT2D eigenvalue weighted by Gasteiger charge is -2.33. The van der Waals surface area contributed by atoms with Gasteiger partial charge >= 0.3 is 12.5 Å². The third-order valence-corrected chi connectivity index (χ3v) is 6.34. The molecule has 0 radical (unpaired) electrons. The normalized spacial score (nSPS) is 14.4. The number of amides is 2. The van der Waals surface area contributed by atoms with E-state index in [0.717, 1.165) is 6.07 Å². The van der Waals surface area contributed by atoms with E-state index in [0.29, 0.717) is 54.1 Å². The topological polar surface area (TPSA) is 77.1 Å². The summed E-state index contributed by atoms with van der Waals surface area (Å²) in [4.78, 5) is 27.4. The Morgan fingerprint density at radius 3 is 2.22 bits per heavy atom. The molecular weight excluding hydrogens is 537 g/mol. The molecule has 0 spiro atoms. The lowest BCUT2D eigenvalue weighted by molar-refractivity contribution is -0.274. The zero-order chi connectivity index (χ0) is 29.8. The third-order valence-electron chi connectivity index (χ3n) is 6.34. The average molecular weight is 571 g/mol. The minimum atomic E-state index is -4.90. The van der Waals surface area contributed by atoms with Gasteiger partial charge in [0.05, 0.1) is 5.56 Å². The van der Waals surface area contributed by atoms with Crippen LogP contribution in [0.15, 0.2) is 66.7 Å². The predicted molar refractivity (Wildman–Crippen MR) is 149 cm³/mol. The van der Waals surface area contributed by atoms with Gasteiger partial charge in [-0.25, -0.2) is 4.79 Å². The smallest absolute Gasteiger partial charge is 0.490 e. The number of piperidine rings is 1. The maximum atomic E-state index is 13.4. The van der Waals surface area contributed by atoms with Crippen molar-refractivity contribution < 1.29 is 37.0 Å². The van der Waals surface area contributed by atoms with Crippen LogP contribution >= 0.6 is 0 Å². The number of aryl methyl sites for hydroxylation is 1. The highest BCUT2D eigenvalue weighted by Gasteiger charge is 2.32. The van der Waals surface area contributed by atoms with Crippen LogP contribution in [0.5, 0.6) is 11.5 Å². The molecule has 0 aromatic heterocycles. The van der Waals surface area contributed by atoms with Crippen LogP contribution in [0.3, 0.4) is 0 Å². The highest BCUT2D eigenvalue weighted by atomic mass is 19.4. The van der Waals surface area contributed by atoms with Crippen molar-refractivity contribution in [1.82, 2.24) is 4.90 Å². The Bertz CT molecular complexity index is 1380. The fourth-order valence-electron chi connectivity index (χ4n) is 4.63. The Balaban J connectivity index is 1.48. The van der Waals surface area contributed by atoms with E-state index in [2.05, 4.69) is 10.1 Å². The van der Waals surface area contributed by atoms with Crippen molar-refractivity contribution in [2.75, 3.05) is 18.4 Å². The number of likely N-dealkylation sites (tertiary alicyclic amines) is 1. The molecule has 3 aromatic rings. The number of benzene rings is 3. The van der Waals surface area contributed by atoms with Crippen molar-refractivity contribution in [1.29, 1.82) is 0 Å². The summed E-state index contributed by atoms with van der Waals surface area (Å²) in [6.45, 7) is 8.09. The van der Waals surface area contributed by atoms with E-state index in [1.807, 2.05) is 26.8 Å². The lowest BCUT2D eigenvalue weighted by Crippen LogP contribution is -2.44. The summed E-state index contributed by atoms with van der Waals surface area (Å²) < 4.78 is 54.6. The Morgan fingerprint density at radius 2 is 1.59 bits per heavy atom. The van der Waals surface area contributed by atoms with Gasteiger partial charge in [-0.2, -0.15) is 0 Å². The molecule has 1 fully saturated rings. The van der Waals surface area contributed by atoms with E-state index >= 15 is 0 Å². The monoisotopic (exact) mass is 570 g/mol. The van der Waals surface area contributed by atoms with Crippen molar-refractivity contribution in [3.8, 4) is 22.6 Å². The molecule has 2 amide bonds. The van der Waals surface area contributed by atoms with Crippen LogP contribution in [0.2, 0.25) is 0 Å². The third kappa shape index (κ3) is 8.39. The van der Waals surface area contributed by atoms with Crippen LogP contribution in [0.25, 0.3) is 11.1 Å². The maximum absolute atomic E-state index is 13.4. The maximum Gasteiger partial charge on any atom is 0.573 e. The number of ether oxygens (including phenoxy) is 3. The molecule has 0 bridgehead atoms. The van der Waals surface area contributed by atoms with Crippen LogP contribution in [0.4, 0.5) is 23.7 Å². The van der Waals surface area contributed by atoms with Crippen LogP contribution in [0, 0.1) is 6.92 Å². The zero-order valence-electron chi connectivity index (χ0n) is 23.4. The van der Waals surface area contributed by atoms with E-state index in [9.17, 15) is 22.8 Å². The summed E-state index contributed by atoms with van der Waals surface area (Å²) in [6, 6.07) is 18.1. The number of hydrogen-bond donors (Lipinski definition) is 1. The second-order valence-corrected chi connectivity index (χ2v) is 10.8. The van der Waals surface area contributed by atoms with Crippen LogP contribution in [-0.4, -0.2) is 48.1 Å². The van der Waals surface area contributed by atoms with Gasteiger partial charge in [-0.1, -0.05) is 36.4 Å². The first-order valence-corrected chi connectivity index (χ1v) is 13.3. The molecule has 1 N–H and O–H groups in total. The molecule has 1 heterocycles. The van der Waals surface area contributed by atoms with E-state index < -0.39 is 23.6 Å². The number of alkyl halides is 3. The van der Waals surface area contributed by atoms with Gasteiger partial charge in [0, 0.05) is 37.7 Å². The van der Waals surface area contributed by atoms with Crippen LogP contribution < -0.4 is 14.8 Å². The number of nitrogens with one attached hydrogen (secondary N) is 1. The lowest BCUT2D eigenvalue weighted by atomic mass is 9.94. The van der Waals surface area contributed by atoms with Gasteiger partial charge in [0.1, 0.15) is 23.2 Å². The molecule has 218 valence electrons. The molecule has 0 aliphatic carbocycles. The second kappa shape index (κ2) is 12.1. The molecule has 41 heavy (non-hydrogen) atoms. The first kappa shape index (κ1) is 29.8. The molecule has 1 aliphatic heterocycles. The van der Waals surface area contributed by atoms with Crippen molar-refractivity contribution in [3.63, 3.8) is 0 Å². The van der Waals surface area contributed by atoms with Gasteiger partial charge in [0.2, 0.25) is 0 Å². The average Bonchev–Trinajstić information content (AvgIpc) is 2.87. The molecule has 1 aliphatic rings. The molecule has 7 nitrogen and oxygen atoms in total. The van der Waals surface area contributed by atoms with Crippen molar-refractivity contribution >= 4 is 17.7 Å². The quantitative estimate of drug-likeness (QED) is 0.330. The highest BCUT2D eigenvalue weighted by molar-refractivity contribution is 6.09. The SMILES string of the molecule is Cc1cc(OC(F)(F)F)cc(C(=O)Nc2cccc(OC3CCN(C(=O)OC(C)(C)C)CC3)c2)c1-c1ccccc1. The molecular formula is C31H33F3N2O5. The van der Waals surface area contributed by atoms with Gasteiger partial charge in [0.25, 0.3) is 5.91 Å². The summed E-state index contributed by atoms with van der Waals surface area (Å²) >= 11 is 0. The Kier molecular flexibility index (Phi) is 8.80. The number of carbonyl (C=O) groups excluding carboxylic acids is 2. The van der Waals surface area contributed by atoms with E-state index in [1.165, 1.54) is 6.07 Å². The minimum Gasteiger partial charge on any atom is -0.490 e. The summed E-state index contributed by atoms with van der Waals surface area (Å²) in [5.41, 5.74) is 1.53. The summed E-state index contributed by atoms with van der Waals surface area (Å²) in [5, 5.41) is 2.78. The molecule has 0 saturated carbocycles. The molecule has 3 aromatic carbocycles. The Labute approximate surface area is 237 Å². The van der Waals surface area contributed by atoms with Gasteiger partial charge in [-0.3, -0.25) is 4.79 Å². The number of carbonyl (C=O) groups is 2.